The van der Waals surface area contributed by atoms with Crippen LogP contribution in [0, 0.1) is 11.3 Å². The second-order valence-electron chi connectivity index (χ2n) is 7.24. The fourth-order valence-electron chi connectivity index (χ4n) is 3.60. The number of guanidine groups is 1. The normalized spacial score (nSPS) is 15.3. The van der Waals surface area contributed by atoms with Crippen molar-refractivity contribution in [3.63, 3.8) is 0 Å². The van der Waals surface area contributed by atoms with Crippen LogP contribution in [0.3, 0.4) is 0 Å². The molecule has 3 N–H and O–H groups in total. The van der Waals surface area contributed by atoms with Gasteiger partial charge in [0.1, 0.15) is 0 Å². The first kappa shape index (κ1) is 20.0. The zero-order chi connectivity index (χ0) is 19.2. The number of halogens is 2. The molecule has 27 heavy (non-hydrogen) atoms. The Balaban J connectivity index is 1.66. The predicted octanol–water partition coefficient (Wildman–Crippen LogP) is 4.60. The van der Waals surface area contributed by atoms with Gasteiger partial charge >= 0.3 is 0 Å². The van der Waals surface area contributed by atoms with E-state index >= 15 is 0 Å². The quantitative estimate of drug-likeness (QED) is 0.546. The van der Waals surface area contributed by atoms with Crippen molar-refractivity contribution in [2.75, 3.05) is 19.6 Å². The van der Waals surface area contributed by atoms with Crippen LogP contribution in [0.25, 0.3) is 0 Å². The molecule has 0 radical (unpaired) electrons. The fourth-order valence-corrected chi connectivity index (χ4v) is 3.85. The summed E-state index contributed by atoms with van der Waals surface area (Å²) in [6.45, 7) is 4.53. The molecule has 0 bridgehead atoms. The van der Waals surface area contributed by atoms with Gasteiger partial charge in [0.25, 0.3) is 0 Å². The van der Waals surface area contributed by atoms with Gasteiger partial charge in [-0.3, -0.25) is 10.3 Å². The molecule has 0 saturated carbocycles. The van der Waals surface area contributed by atoms with E-state index in [0.29, 0.717) is 5.92 Å². The predicted molar refractivity (Wildman–Crippen MR) is 113 cm³/mol. The van der Waals surface area contributed by atoms with E-state index in [1.54, 1.807) is 0 Å². The molecule has 2 aromatic carbocycles. The topological polar surface area (TPSA) is 56.4 Å². The first-order valence-corrected chi connectivity index (χ1v) is 10.1. The van der Waals surface area contributed by atoms with Crippen molar-refractivity contribution in [3.05, 3.63) is 69.7 Å². The molecular formula is C21H26Cl2N4. The minimum absolute atomic E-state index is 0.188. The van der Waals surface area contributed by atoms with Crippen molar-refractivity contribution in [1.29, 1.82) is 5.41 Å². The largest absolute Gasteiger partial charge is 0.370 e. The Morgan fingerprint density at radius 2 is 1.37 bits per heavy atom. The molecule has 2 aromatic rings. The summed E-state index contributed by atoms with van der Waals surface area (Å²) >= 11 is 12.1. The lowest BCUT2D eigenvalue weighted by molar-refractivity contribution is 0.167. The number of nitrogens with one attached hydrogen (secondary N) is 1. The van der Waals surface area contributed by atoms with Crippen molar-refractivity contribution in [1.82, 2.24) is 9.80 Å². The molecule has 144 valence electrons. The summed E-state index contributed by atoms with van der Waals surface area (Å²) in [5, 5.41) is 9.13. The number of benzene rings is 2. The summed E-state index contributed by atoms with van der Waals surface area (Å²) < 4.78 is 0. The third kappa shape index (κ3) is 6.13. The van der Waals surface area contributed by atoms with E-state index in [2.05, 4.69) is 29.2 Å². The lowest BCUT2D eigenvalue weighted by Gasteiger charge is -2.35. The van der Waals surface area contributed by atoms with E-state index in [9.17, 15) is 0 Å². The molecule has 0 unspecified atom stereocenters. The SMILES string of the molecule is N=C(N)N1CCC(CN(Cc2ccc(Cl)cc2)Cc2ccc(Cl)cc2)CC1. The van der Waals surface area contributed by atoms with Crippen molar-refractivity contribution in [2.45, 2.75) is 25.9 Å². The summed E-state index contributed by atoms with van der Waals surface area (Å²) in [6.07, 6.45) is 2.13. The smallest absolute Gasteiger partial charge is 0.188 e. The standard InChI is InChI=1S/C21H26Cl2N4/c22-19-5-1-16(2-6-19)13-26(14-17-3-7-20(23)8-4-17)15-18-9-11-27(12-10-18)21(24)25/h1-8,18H,9-15H2,(H3,24,25). The summed E-state index contributed by atoms with van der Waals surface area (Å²) in [6, 6.07) is 16.2. The summed E-state index contributed by atoms with van der Waals surface area (Å²) in [5.41, 5.74) is 8.14. The number of nitrogens with zero attached hydrogens (tertiary/aromatic N) is 2. The van der Waals surface area contributed by atoms with Gasteiger partial charge in [0, 0.05) is 42.8 Å². The van der Waals surface area contributed by atoms with E-state index in [1.807, 2.05) is 29.2 Å². The molecule has 0 aliphatic carbocycles. The Morgan fingerprint density at radius 1 is 0.926 bits per heavy atom. The maximum Gasteiger partial charge on any atom is 0.188 e. The van der Waals surface area contributed by atoms with E-state index in [0.717, 1.165) is 55.6 Å². The van der Waals surface area contributed by atoms with Crippen molar-refractivity contribution < 1.29 is 0 Å². The van der Waals surface area contributed by atoms with Gasteiger partial charge in [-0.05, 0) is 54.2 Å². The van der Waals surface area contributed by atoms with Crippen LogP contribution >= 0.6 is 23.2 Å². The Labute approximate surface area is 171 Å². The summed E-state index contributed by atoms with van der Waals surface area (Å²) in [5.74, 6) is 0.799. The molecule has 0 aromatic heterocycles. The van der Waals surface area contributed by atoms with E-state index < -0.39 is 0 Å². The maximum atomic E-state index is 7.60. The molecule has 1 heterocycles. The van der Waals surface area contributed by atoms with Gasteiger partial charge in [-0.1, -0.05) is 47.5 Å². The van der Waals surface area contributed by atoms with Crippen LogP contribution < -0.4 is 5.73 Å². The van der Waals surface area contributed by atoms with Crippen LogP contribution in [-0.2, 0) is 13.1 Å². The van der Waals surface area contributed by atoms with Gasteiger partial charge in [-0.15, -0.1) is 0 Å². The van der Waals surface area contributed by atoms with Gasteiger partial charge in [0.05, 0.1) is 0 Å². The highest BCUT2D eigenvalue weighted by Gasteiger charge is 2.22. The van der Waals surface area contributed by atoms with Crippen molar-refractivity contribution in [3.8, 4) is 0 Å². The highest BCUT2D eigenvalue weighted by atomic mass is 35.5. The molecule has 6 heteroatoms. The molecule has 1 saturated heterocycles. The summed E-state index contributed by atoms with van der Waals surface area (Å²) in [4.78, 5) is 4.44. The summed E-state index contributed by atoms with van der Waals surface area (Å²) in [7, 11) is 0. The number of likely N-dealkylation sites (tertiary alicyclic amines) is 1. The first-order valence-electron chi connectivity index (χ1n) is 9.30. The Kier molecular flexibility index (Phi) is 7.00. The average molecular weight is 405 g/mol. The minimum Gasteiger partial charge on any atom is -0.370 e. The number of piperidine rings is 1. The molecular weight excluding hydrogens is 379 g/mol. The van der Waals surface area contributed by atoms with Gasteiger partial charge in [-0.25, -0.2) is 0 Å². The second-order valence-corrected chi connectivity index (χ2v) is 8.11. The number of hydrogen-bond donors (Lipinski definition) is 2. The zero-order valence-corrected chi connectivity index (χ0v) is 16.9. The van der Waals surface area contributed by atoms with E-state index in [1.165, 1.54) is 11.1 Å². The van der Waals surface area contributed by atoms with Crippen LogP contribution in [0.2, 0.25) is 10.0 Å². The van der Waals surface area contributed by atoms with Crippen LogP contribution in [0.1, 0.15) is 24.0 Å². The van der Waals surface area contributed by atoms with E-state index in [-0.39, 0.29) is 5.96 Å². The van der Waals surface area contributed by atoms with Crippen LogP contribution in [0.5, 0.6) is 0 Å². The third-order valence-corrected chi connectivity index (χ3v) is 5.61. The molecule has 4 nitrogen and oxygen atoms in total. The van der Waals surface area contributed by atoms with Crippen LogP contribution in [0.15, 0.2) is 48.5 Å². The number of nitrogens with two attached hydrogens (primary N) is 1. The van der Waals surface area contributed by atoms with Gasteiger partial charge < -0.3 is 10.6 Å². The molecule has 1 fully saturated rings. The van der Waals surface area contributed by atoms with E-state index in [4.69, 9.17) is 34.3 Å². The number of rotatable bonds is 6. The Hall–Kier alpha value is -1.75. The molecule has 1 aliphatic heterocycles. The van der Waals surface area contributed by atoms with Gasteiger partial charge in [-0.2, -0.15) is 0 Å². The van der Waals surface area contributed by atoms with Crippen molar-refractivity contribution >= 4 is 29.2 Å². The van der Waals surface area contributed by atoms with Crippen molar-refractivity contribution in [2.24, 2.45) is 11.7 Å². The first-order chi connectivity index (χ1) is 13.0. The molecule has 0 spiro atoms. The lowest BCUT2D eigenvalue weighted by atomic mass is 9.96. The number of hydrogen-bond acceptors (Lipinski definition) is 2. The fraction of sp³-hybridized carbons (Fsp3) is 0.381. The molecule has 1 aliphatic rings. The second kappa shape index (κ2) is 9.45. The monoisotopic (exact) mass is 404 g/mol. The minimum atomic E-state index is 0.188. The zero-order valence-electron chi connectivity index (χ0n) is 15.4. The average Bonchev–Trinajstić information content (AvgIpc) is 2.66. The Bertz CT molecular complexity index is 690. The third-order valence-electron chi connectivity index (χ3n) is 5.11. The van der Waals surface area contributed by atoms with Crippen LogP contribution in [-0.4, -0.2) is 35.4 Å². The van der Waals surface area contributed by atoms with Gasteiger partial charge in [0.2, 0.25) is 0 Å². The highest BCUT2D eigenvalue weighted by molar-refractivity contribution is 6.30. The molecule has 3 rings (SSSR count). The lowest BCUT2D eigenvalue weighted by Crippen LogP contribution is -2.44. The highest BCUT2D eigenvalue weighted by Crippen LogP contribution is 2.22. The Morgan fingerprint density at radius 3 is 1.78 bits per heavy atom. The van der Waals surface area contributed by atoms with Gasteiger partial charge in [0.15, 0.2) is 5.96 Å². The maximum absolute atomic E-state index is 7.60. The van der Waals surface area contributed by atoms with Crippen LogP contribution in [0.4, 0.5) is 0 Å². The molecule has 0 atom stereocenters. The molecule has 0 amide bonds.